The number of nitrogens with one attached hydrogen (secondary N) is 1. The fourth-order valence-electron chi connectivity index (χ4n) is 3.51. The molecule has 1 N–H and O–H groups in total. The Hall–Kier alpha value is -0.820. The monoisotopic (exact) mass is 229 g/mol. The topological polar surface area (TPSA) is 12.0 Å². The second kappa shape index (κ2) is 5.22. The molecule has 0 spiro atoms. The molecule has 0 atom stereocenters. The fourth-order valence-corrected chi connectivity index (χ4v) is 3.51. The third kappa shape index (κ3) is 2.40. The van der Waals surface area contributed by atoms with E-state index in [2.05, 4.69) is 23.5 Å². The Kier molecular flexibility index (Phi) is 3.46. The molecule has 17 heavy (non-hydrogen) atoms. The number of rotatable bonds is 1. The Bertz CT molecular complexity index is 375. The van der Waals surface area contributed by atoms with Gasteiger partial charge in [0.25, 0.3) is 0 Å². The van der Waals surface area contributed by atoms with Crippen molar-refractivity contribution in [2.24, 2.45) is 0 Å². The quantitative estimate of drug-likeness (QED) is 0.723. The van der Waals surface area contributed by atoms with Gasteiger partial charge in [-0.15, -0.1) is 0 Å². The van der Waals surface area contributed by atoms with Crippen molar-refractivity contribution in [3.05, 3.63) is 34.9 Å². The van der Waals surface area contributed by atoms with Gasteiger partial charge in [0.1, 0.15) is 0 Å². The van der Waals surface area contributed by atoms with Gasteiger partial charge in [-0.25, -0.2) is 0 Å². The maximum Gasteiger partial charge on any atom is 0.0211 e. The van der Waals surface area contributed by atoms with Crippen molar-refractivity contribution in [1.29, 1.82) is 0 Å². The van der Waals surface area contributed by atoms with E-state index in [1.54, 1.807) is 16.7 Å². The molecule has 92 valence electrons. The molecule has 3 rings (SSSR count). The van der Waals surface area contributed by atoms with Crippen molar-refractivity contribution >= 4 is 0 Å². The van der Waals surface area contributed by atoms with Crippen molar-refractivity contribution < 1.29 is 0 Å². The molecule has 2 aliphatic rings. The molecule has 1 aromatic carbocycles. The zero-order chi connectivity index (χ0) is 11.5. The molecule has 0 amide bonds. The van der Waals surface area contributed by atoms with Gasteiger partial charge in [0.15, 0.2) is 0 Å². The highest BCUT2D eigenvalue weighted by Gasteiger charge is 2.20. The molecule has 0 bridgehead atoms. The highest BCUT2D eigenvalue weighted by Crippen LogP contribution is 2.35. The Labute approximate surface area is 105 Å². The van der Waals surface area contributed by atoms with Crippen LogP contribution in [0.2, 0.25) is 0 Å². The molecule has 0 aromatic heterocycles. The van der Waals surface area contributed by atoms with E-state index < -0.39 is 0 Å². The Morgan fingerprint density at radius 1 is 1.00 bits per heavy atom. The highest BCUT2D eigenvalue weighted by atomic mass is 14.9. The van der Waals surface area contributed by atoms with E-state index in [1.807, 2.05) is 0 Å². The van der Waals surface area contributed by atoms with Crippen molar-refractivity contribution in [2.75, 3.05) is 6.54 Å². The lowest BCUT2D eigenvalue weighted by Gasteiger charge is -2.25. The van der Waals surface area contributed by atoms with Crippen LogP contribution in [0.5, 0.6) is 0 Å². The largest absolute Gasteiger partial charge is 0.312 e. The summed E-state index contributed by atoms with van der Waals surface area (Å²) in [7, 11) is 0. The number of fused-ring (bicyclic) bond motifs is 1. The third-order valence-corrected chi connectivity index (χ3v) is 4.48. The lowest BCUT2D eigenvalue weighted by molar-refractivity contribution is 0.569. The predicted octanol–water partition coefficient (Wildman–Crippen LogP) is 3.77. The first-order valence-electron chi connectivity index (χ1n) is 7.26. The molecule has 1 nitrogen and oxygen atoms in total. The minimum absolute atomic E-state index is 0.840. The van der Waals surface area contributed by atoms with Crippen LogP contribution in [0.3, 0.4) is 0 Å². The summed E-state index contributed by atoms with van der Waals surface area (Å²) < 4.78 is 0. The molecule has 0 unspecified atom stereocenters. The first-order chi connectivity index (χ1) is 8.45. The standard InChI is InChI=1S/C16H23N/c1-2-4-7-13(6-3-1)15-9-5-8-14-10-11-17-12-16(14)15/h5,8-9,13,17H,1-4,6-7,10-12H2. The van der Waals surface area contributed by atoms with Gasteiger partial charge in [0.2, 0.25) is 0 Å². The van der Waals surface area contributed by atoms with Crippen LogP contribution in [0.15, 0.2) is 18.2 Å². The summed E-state index contributed by atoms with van der Waals surface area (Å²) in [5.41, 5.74) is 4.90. The van der Waals surface area contributed by atoms with Gasteiger partial charge in [-0.2, -0.15) is 0 Å². The Morgan fingerprint density at radius 3 is 2.65 bits per heavy atom. The van der Waals surface area contributed by atoms with E-state index in [0.29, 0.717) is 0 Å². The van der Waals surface area contributed by atoms with Gasteiger partial charge >= 0.3 is 0 Å². The lowest BCUT2D eigenvalue weighted by atomic mass is 9.85. The Morgan fingerprint density at radius 2 is 1.82 bits per heavy atom. The fraction of sp³-hybridized carbons (Fsp3) is 0.625. The van der Waals surface area contributed by atoms with Crippen LogP contribution >= 0.6 is 0 Å². The minimum Gasteiger partial charge on any atom is -0.312 e. The second-order valence-corrected chi connectivity index (χ2v) is 5.60. The van der Waals surface area contributed by atoms with Gasteiger partial charge < -0.3 is 5.32 Å². The van der Waals surface area contributed by atoms with Crippen LogP contribution in [0.4, 0.5) is 0 Å². The SMILES string of the molecule is c1cc2c(c(C3CCCCCC3)c1)CNCC2. The summed E-state index contributed by atoms with van der Waals surface area (Å²) in [5.74, 6) is 0.840. The van der Waals surface area contributed by atoms with Gasteiger partial charge in [0, 0.05) is 6.54 Å². The predicted molar refractivity (Wildman–Crippen MR) is 72.3 cm³/mol. The molecular formula is C16H23N. The molecule has 1 aliphatic carbocycles. The van der Waals surface area contributed by atoms with E-state index in [-0.39, 0.29) is 0 Å². The maximum atomic E-state index is 3.54. The van der Waals surface area contributed by atoms with Crippen LogP contribution in [0, 0.1) is 0 Å². The van der Waals surface area contributed by atoms with Gasteiger partial charge in [0.05, 0.1) is 0 Å². The molecule has 1 fully saturated rings. The molecule has 1 aliphatic heterocycles. The van der Waals surface area contributed by atoms with Crippen LogP contribution in [-0.4, -0.2) is 6.54 Å². The summed E-state index contributed by atoms with van der Waals surface area (Å²) in [6.45, 7) is 2.25. The van der Waals surface area contributed by atoms with Crippen molar-refractivity contribution in [3.63, 3.8) is 0 Å². The van der Waals surface area contributed by atoms with Crippen LogP contribution in [0.1, 0.15) is 61.1 Å². The first kappa shape index (κ1) is 11.3. The average molecular weight is 229 g/mol. The summed E-state index contributed by atoms with van der Waals surface area (Å²) in [5, 5.41) is 3.54. The average Bonchev–Trinajstić information content (AvgIpc) is 2.67. The van der Waals surface area contributed by atoms with E-state index in [1.165, 1.54) is 44.9 Å². The smallest absolute Gasteiger partial charge is 0.0211 e. The van der Waals surface area contributed by atoms with Crippen molar-refractivity contribution in [1.82, 2.24) is 5.32 Å². The maximum absolute atomic E-state index is 3.54. The second-order valence-electron chi connectivity index (χ2n) is 5.60. The van der Waals surface area contributed by atoms with E-state index in [9.17, 15) is 0 Å². The van der Waals surface area contributed by atoms with Gasteiger partial charge in [-0.3, -0.25) is 0 Å². The van der Waals surface area contributed by atoms with Crippen molar-refractivity contribution in [2.45, 2.75) is 57.4 Å². The number of hydrogen-bond donors (Lipinski definition) is 1. The van der Waals surface area contributed by atoms with E-state index >= 15 is 0 Å². The molecular weight excluding hydrogens is 206 g/mol. The zero-order valence-electron chi connectivity index (χ0n) is 10.7. The summed E-state index contributed by atoms with van der Waals surface area (Å²) in [4.78, 5) is 0. The van der Waals surface area contributed by atoms with E-state index in [4.69, 9.17) is 0 Å². The molecule has 0 radical (unpaired) electrons. The van der Waals surface area contributed by atoms with Gasteiger partial charge in [-0.1, -0.05) is 43.9 Å². The van der Waals surface area contributed by atoms with Gasteiger partial charge in [-0.05, 0) is 48.4 Å². The number of hydrogen-bond acceptors (Lipinski definition) is 1. The lowest BCUT2D eigenvalue weighted by Crippen LogP contribution is -2.25. The minimum atomic E-state index is 0.840. The summed E-state index contributed by atoms with van der Waals surface area (Å²) in [6.07, 6.45) is 9.81. The van der Waals surface area contributed by atoms with Crippen molar-refractivity contribution in [3.8, 4) is 0 Å². The molecule has 1 aromatic rings. The highest BCUT2D eigenvalue weighted by molar-refractivity contribution is 5.39. The summed E-state index contributed by atoms with van der Waals surface area (Å²) >= 11 is 0. The molecule has 0 saturated heterocycles. The summed E-state index contributed by atoms with van der Waals surface area (Å²) in [6, 6.07) is 7.00. The zero-order valence-corrected chi connectivity index (χ0v) is 10.7. The van der Waals surface area contributed by atoms with Crippen LogP contribution in [0.25, 0.3) is 0 Å². The first-order valence-corrected chi connectivity index (χ1v) is 7.26. The molecule has 1 saturated carbocycles. The number of benzene rings is 1. The molecule has 1 heteroatoms. The Balaban J connectivity index is 1.90. The van der Waals surface area contributed by atoms with Crippen LogP contribution < -0.4 is 5.32 Å². The normalized spacial score (nSPS) is 21.9. The van der Waals surface area contributed by atoms with E-state index in [0.717, 1.165) is 19.0 Å². The third-order valence-electron chi connectivity index (χ3n) is 4.48. The molecule has 1 heterocycles. The van der Waals surface area contributed by atoms with Crippen LogP contribution in [-0.2, 0) is 13.0 Å².